The summed E-state index contributed by atoms with van der Waals surface area (Å²) in [5, 5.41) is 0. The van der Waals surface area contributed by atoms with E-state index in [-0.39, 0.29) is 5.78 Å². The molecular weight excluding hydrogens is 248 g/mol. The predicted octanol–water partition coefficient (Wildman–Crippen LogP) is 4.39. The van der Waals surface area contributed by atoms with Gasteiger partial charge in [-0.25, -0.2) is 0 Å². The molecule has 1 aromatic carbocycles. The fourth-order valence-electron chi connectivity index (χ4n) is 3.20. The van der Waals surface area contributed by atoms with Crippen molar-refractivity contribution in [2.45, 2.75) is 59.0 Å². The summed E-state index contributed by atoms with van der Waals surface area (Å²) in [4.78, 5) is 13.0. The Bertz CT molecular complexity index is 508. The van der Waals surface area contributed by atoms with Gasteiger partial charge in [-0.1, -0.05) is 13.0 Å². The zero-order chi connectivity index (χ0) is 14.9. The van der Waals surface area contributed by atoms with Crippen molar-refractivity contribution in [1.82, 2.24) is 0 Å². The highest BCUT2D eigenvalue weighted by atomic mass is 16.5. The van der Waals surface area contributed by atoms with Gasteiger partial charge in [0, 0.05) is 12.7 Å². The van der Waals surface area contributed by atoms with Gasteiger partial charge in [-0.05, 0) is 75.1 Å². The second kappa shape index (κ2) is 5.69. The summed E-state index contributed by atoms with van der Waals surface area (Å²) >= 11 is 0. The van der Waals surface area contributed by atoms with E-state index in [0.717, 1.165) is 36.8 Å². The maximum Gasteiger partial charge on any atom is 0.194 e. The van der Waals surface area contributed by atoms with E-state index in [0.29, 0.717) is 5.92 Å². The molecule has 0 aromatic heterocycles. The van der Waals surface area contributed by atoms with Gasteiger partial charge < -0.3 is 4.74 Å². The van der Waals surface area contributed by atoms with Gasteiger partial charge in [-0.2, -0.15) is 0 Å². The SMILES string of the molecule is COC1(C(=O)c2cc(C)c(C)cc2C)CCC(C)CC1. The van der Waals surface area contributed by atoms with E-state index in [1.54, 1.807) is 7.11 Å². The van der Waals surface area contributed by atoms with Crippen molar-refractivity contribution in [1.29, 1.82) is 0 Å². The van der Waals surface area contributed by atoms with Crippen molar-refractivity contribution in [3.63, 3.8) is 0 Å². The van der Waals surface area contributed by atoms with E-state index in [1.165, 1.54) is 11.1 Å². The van der Waals surface area contributed by atoms with Gasteiger partial charge in [0.1, 0.15) is 5.60 Å². The number of carbonyl (C=O) groups excluding carboxylic acids is 1. The van der Waals surface area contributed by atoms with Gasteiger partial charge in [-0.15, -0.1) is 0 Å². The van der Waals surface area contributed by atoms with E-state index in [2.05, 4.69) is 26.8 Å². The van der Waals surface area contributed by atoms with Crippen LogP contribution in [0.1, 0.15) is 59.7 Å². The minimum absolute atomic E-state index is 0.174. The fourth-order valence-corrected chi connectivity index (χ4v) is 3.20. The number of hydrogen-bond donors (Lipinski definition) is 0. The van der Waals surface area contributed by atoms with Crippen LogP contribution in [0.5, 0.6) is 0 Å². The number of ether oxygens (including phenoxy) is 1. The van der Waals surface area contributed by atoms with Gasteiger partial charge in [0.2, 0.25) is 0 Å². The summed E-state index contributed by atoms with van der Waals surface area (Å²) < 4.78 is 5.72. The van der Waals surface area contributed by atoms with Crippen LogP contribution in [-0.4, -0.2) is 18.5 Å². The molecule has 1 saturated carbocycles. The summed E-state index contributed by atoms with van der Waals surface area (Å²) in [7, 11) is 1.68. The molecule has 0 unspecified atom stereocenters. The third-order valence-electron chi connectivity index (χ3n) is 4.97. The second-order valence-corrected chi connectivity index (χ2v) is 6.46. The summed E-state index contributed by atoms with van der Waals surface area (Å²) in [6.45, 7) is 8.43. The Kier molecular flexibility index (Phi) is 4.33. The lowest BCUT2D eigenvalue weighted by molar-refractivity contribution is -0.0263. The smallest absolute Gasteiger partial charge is 0.194 e. The van der Waals surface area contributed by atoms with Crippen LogP contribution in [0.25, 0.3) is 0 Å². The topological polar surface area (TPSA) is 26.3 Å². The lowest BCUT2D eigenvalue weighted by atomic mass is 9.74. The van der Waals surface area contributed by atoms with Gasteiger partial charge in [0.05, 0.1) is 0 Å². The van der Waals surface area contributed by atoms with E-state index in [4.69, 9.17) is 4.74 Å². The van der Waals surface area contributed by atoms with Crippen LogP contribution < -0.4 is 0 Å². The van der Waals surface area contributed by atoms with Gasteiger partial charge in [-0.3, -0.25) is 4.79 Å². The molecule has 0 amide bonds. The number of methoxy groups -OCH3 is 1. The molecule has 0 N–H and O–H groups in total. The second-order valence-electron chi connectivity index (χ2n) is 6.46. The third kappa shape index (κ3) is 2.67. The van der Waals surface area contributed by atoms with E-state index in [9.17, 15) is 4.79 Å². The highest BCUT2D eigenvalue weighted by molar-refractivity contribution is 6.04. The van der Waals surface area contributed by atoms with E-state index < -0.39 is 5.60 Å². The first kappa shape index (κ1) is 15.2. The van der Waals surface area contributed by atoms with Crippen LogP contribution in [0.15, 0.2) is 12.1 Å². The Hall–Kier alpha value is -1.15. The molecule has 0 radical (unpaired) electrons. The molecule has 2 rings (SSSR count). The molecule has 0 saturated heterocycles. The molecule has 0 heterocycles. The van der Waals surface area contributed by atoms with Crippen LogP contribution in [0.4, 0.5) is 0 Å². The normalized spacial score (nSPS) is 26.6. The van der Waals surface area contributed by atoms with Crippen LogP contribution in [-0.2, 0) is 4.74 Å². The molecule has 2 heteroatoms. The summed E-state index contributed by atoms with van der Waals surface area (Å²) in [6.07, 6.45) is 3.83. The predicted molar refractivity (Wildman–Crippen MR) is 82.4 cm³/mol. The molecule has 1 aliphatic carbocycles. The highest BCUT2D eigenvalue weighted by Gasteiger charge is 2.42. The molecule has 0 atom stereocenters. The molecule has 2 nitrogen and oxygen atoms in total. The van der Waals surface area contributed by atoms with Crippen LogP contribution in [0.2, 0.25) is 0 Å². The largest absolute Gasteiger partial charge is 0.370 e. The lowest BCUT2D eigenvalue weighted by Gasteiger charge is -2.37. The zero-order valence-corrected chi connectivity index (χ0v) is 13.4. The molecule has 1 aliphatic rings. The summed E-state index contributed by atoms with van der Waals surface area (Å²) in [5.74, 6) is 0.874. The van der Waals surface area contributed by atoms with Gasteiger partial charge >= 0.3 is 0 Å². The Morgan fingerprint density at radius 3 is 2.20 bits per heavy atom. The van der Waals surface area contributed by atoms with Crippen LogP contribution >= 0.6 is 0 Å². The minimum Gasteiger partial charge on any atom is -0.370 e. The average molecular weight is 274 g/mol. The van der Waals surface area contributed by atoms with Crippen molar-refractivity contribution in [3.8, 4) is 0 Å². The molecule has 1 fully saturated rings. The Morgan fingerprint density at radius 2 is 1.65 bits per heavy atom. The number of benzene rings is 1. The molecule has 0 aliphatic heterocycles. The number of aryl methyl sites for hydroxylation is 3. The quantitative estimate of drug-likeness (QED) is 0.764. The van der Waals surface area contributed by atoms with Crippen molar-refractivity contribution in [2.75, 3.05) is 7.11 Å². The van der Waals surface area contributed by atoms with Crippen molar-refractivity contribution in [2.24, 2.45) is 5.92 Å². The van der Waals surface area contributed by atoms with Crippen molar-refractivity contribution >= 4 is 5.78 Å². The number of carbonyl (C=O) groups is 1. The maximum atomic E-state index is 13.0. The summed E-state index contributed by atoms with van der Waals surface area (Å²) in [6, 6.07) is 4.14. The minimum atomic E-state index is -0.598. The van der Waals surface area contributed by atoms with E-state index in [1.807, 2.05) is 13.0 Å². The highest BCUT2D eigenvalue weighted by Crippen LogP contribution is 2.37. The maximum absolute atomic E-state index is 13.0. The first-order valence-corrected chi connectivity index (χ1v) is 7.57. The lowest BCUT2D eigenvalue weighted by Crippen LogP contribution is -2.44. The Morgan fingerprint density at radius 1 is 1.10 bits per heavy atom. The molecular formula is C18H26O2. The number of ketones is 1. The van der Waals surface area contributed by atoms with Gasteiger partial charge in [0.25, 0.3) is 0 Å². The first-order valence-electron chi connectivity index (χ1n) is 7.57. The van der Waals surface area contributed by atoms with Crippen LogP contribution in [0, 0.1) is 26.7 Å². The summed E-state index contributed by atoms with van der Waals surface area (Å²) in [5.41, 5.74) is 3.72. The van der Waals surface area contributed by atoms with Crippen molar-refractivity contribution in [3.05, 3.63) is 34.4 Å². The third-order valence-corrected chi connectivity index (χ3v) is 4.97. The molecule has 110 valence electrons. The first-order chi connectivity index (χ1) is 9.39. The van der Waals surface area contributed by atoms with Gasteiger partial charge in [0.15, 0.2) is 5.78 Å². The molecule has 0 spiro atoms. The number of rotatable bonds is 3. The fraction of sp³-hybridized carbons (Fsp3) is 0.611. The van der Waals surface area contributed by atoms with E-state index >= 15 is 0 Å². The Labute approximate surface area is 122 Å². The zero-order valence-electron chi connectivity index (χ0n) is 13.4. The Balaban J connectivity index is 2.36. The monoisotopic (exact) mass is 274 g/mol. The number of Topliss-reactive ketones (excluding diaryl/α,β-unsaturated/α-hetero) is 1. The molecule has 1 aromatic rings. The average Bonchev–Trinajstić information content (AvgIpc) is 2.43. The molecule has 20 heavy (non-hydrogen) atoms. The number of hydrogen-bond acceptors (Lipinski definition) is 2. The molecule has 0 bridgehead atoms. The van der Waals surface area contributed by atoms with Crippen LogP contribution in [0.3, 0.4) is 0 Å². The standard InChI is InChI=1S/C18H26O2/c1-12-6-8-18(20-5,9-7-12)17(19)16-11-14(3)13(2)10-15(16)4/h10-12H,6-9H2,1-5H3. The van der Waals surface area contributed by atoms with Crippen molar-refractivity contribution < 1.29 is 9.53 Å².